The van der Waals surface area contributed by atoms with E-state index >= 15 is 0 Å². The monoisotopic (exact) mass is 430 g/mol. The van der Waals surface area contributed by atoms with Gasteiger partial charge in [-0.15, -0.1) is 0 Å². The average molecular weight is 431 g/mol. The Hall–Kier alpha value is -4.11. The third-order valence-electron chi connectivity index (χ3n) is 6.67. The van der Waals surface area contributed by atoms with E-state index in [9.17, 15) is 4.79 Å². The Morgan fingerprint density at radius 2 is 1.30 bits per heavy atom. The van der Waals surface area contributed by atoms with E-state index in [-0.39, 0.29) is 11.9 Å². The zero-order valence-corrected chi connectivity index (χ0v) is 18.2. The molecule has 6 rings (SSSR count). The van der Waals surface area contributed by atoms with Gasteiger partial charge in [0.25, 0.3) is 0 Å². The molecule has 1 heterocycles. The van der Waals surface area contributed by atoms with Crippen molar-refractivity contribution in [1.82, 2.24) is 0 Å². The first-order chi connectivity index (χ1) is 16.3. The molecule has 3 nitrogen and oxygen atoms in total. The van der Waals surface area contributed by atoms with Gasteiger partial charge in [0.05, 0.1) is 13.0 Å². The van der Waals surface area contributed by atoms with Crippen LogP contribution in [0.4, 0.5) is 0 Å². The van der Waals surface area contributed by atoms with Crippen molar-refractivity contribution in [3.05, 3.63) is 120 Å². The summed E-state index contributed by atoms with van der Waals surface area (Å²) in [6.07, 6.45) is 0. The number of hydrogen-bond acceptors (Lipinski definition) is 3. The third-order valence-corrected chi connectivity index (χ3v) is 6.67. The van der Waals surface area contributed by atoms with Gasteiger partial charge in [0, 0.05) is 22.3 Å². The minimum absolute atomic E-state index is 0.191. The lowest BCUT2D eigenvalue weighted by Crippen LogP contribution is -2.31. The molecule has 0 aliphatic carbocycles. The van der Waals surface area contributed by atoms with Crippen molar-refractivity contribution in [1.29, 1.82) is 0 Å². The number of ether oxygens (including phenoxy) is 2. The molecule has 0 fully saturated rings. The van der Waals surface area contributed by atoms with Crippen LogP contribution in [0.25, 0.3) is 21.5 Å². The van der Waals surface area contributed by atoms with Gasteiger partial charge < -0.3 is 9.47 Å². The maximum absolute atomic E-state index is 13.6. The van der Waals surface area contributed by atoms with Gasteiger partial charge in [-0.2, -0.15) is 0 Å². The first-order valence-corrected chi connectivity index (χ1v) is 11.1. The van der Waals surface area contributed by atoms with Crippen LogP contribution < -0.4 is 9.47 Å². The molecule has 2 atom stereocenters. The van der Waals surface area contributed by atoms with Gasteiger partial charge in [-0.3, -0.25) is 4.79 Å². The highest BCUT2D eigenvalue weighted by molar-refractivity contribution is 5.98. The molecule has 0 bridgehead atoms. The van der Waals surface area contributed by atoms with E-state index in [4.69, 9.17) is 9.47 Å². The van der Waals surface area contributed by atoms with Crippen molar-refractivity contribution >= 4 is 27.5 Å². The van der Waals surface area contributed by atoms with E-state index in [2.05, 4.69) is 30.3 Å². The normalized spacial score (nSPS) is 17.5. The predicted molar refractivity (Wildman–Crippen MR) is 131 cm³/mol. The Morgan fingerprint density at radius 3 is 2.09 bits per heavy atom. The van der Waals surface area contributed by atoms with Crippen LogP contribution in [0.5, 0.6) is 11.5 Å². The summed E-state index contributed by atoms with van der Waals surface area (Å²) in [7, 11) is 1.69. The molecule has 3 heteroatoms. The van der Waals surface area contributed by atoms with Crippen LogP contribution in [-0.4, -0.2) is 13.1 Å². The highest BCUT2D eigenvalue weighted by Gasteiger charge is 2.41. The Labute approximate surface area is 192 Å². The van der Waals surface area contributed by atoms with E-state index < -0.39 is 5.92 Å². The molecule has 0 N–H and O–H groups in total. The summed E-state index contributed by atoms with van der Waals surface area (Å²) in [6, 6.07) is 34.5. The lowest BCUT2D eigenvalue weighted by Gasteiger charge is -2.34. The summed E-state index contributed by atoms with van der Waals surface area (Å²) >= 11 is 0. The number of methoxy groups -OCH3 is 1. The van der Waals surface area contributed by atoms with E-state index in [0.717, 1.165) is 44.0 Å². The quantitative estimate of drug-likeness (QED) is 0.232. The number of carbonyl (C=O) groups is 1. The second-order valence-corrected chi connectivity index (χ2v) is 8.39. The summed E-state index contributed by atoms with van der Waals surface area (Å²) < 4.78 is 11.7. The number of carbonyl (C=O) groups excluding carboxylic acids is 1. The highest BCUT2D eigenvalue weighted by Crippen LogP contribution is 2.50. The molecule has 5 aromatic carbocycles. The van der Waals surface area contributed by atoms with Crippen molar-refractivity contribution in [2.75, 3.05) is 7.11 Å². The first kappa shape index (κ1) is 19.6. The van der Waals surface area contributed by atoms with Crippen LogP contribution in [0.2, 0.25) is 0 Å². The smallest absolute Gasteiger partial charge is 0.319 e. The van der Waals surface area contributed by atoms with Crippen LogP contribution in [0.15, 0.2) is 103 Å². The van der Waals surface area contributed by atoms with Crippen LogP contribution in [0, 0.1) is 0 Å². The molecule has 5 aromatic rings. The molecule has 0 saturated heterocycles. The predicted octanol–water partition coefficient (Wildman–Crippen LogP) is 6.84. The fraction of sp³-hybridized carbons (Fsp3) is 0.100. The van der Waals surface area contributed by atoms with Gasteiger partial charge in [0.15, 0.2) is 0 Å². The van der Waals surface area contributed by atoms with Gasteiger partial charge in [-0.1, -0.05) is 97.1 Å². The Kier molecular flexibility index (Phi) is 4.62. The van der Waals surface area contributed by atoms with E-state index in [1.54, 1.807) is 7.11 Å². The first-order valence-electron chi connectivity index (χ1n) is 11.1. The second kappa shape index (κ2) is 7.79. The minimum atomic E-state index is -0.448. The van der Waals surface area contributed by atoms with Crippen molar-refractivity contribution in [3.8, 4) is 11.5 Å². The maximum Gasteiger partial charge on any atom is 0.319 e. The van der Waals surface area contributed by atoms with Crippen LogP contribution in [0.3, 0.4) is 0 Å². The summed E-state index contributed by atoms with van der Waals surface area (Å²) in [5.41, 5.74) is 3.07. The number of benzene rings is 5. The Balaban J connectivity index is 1.68. The molecule has 33 heavy (non-hydrogen) atoms. The van der Waals surface area contributed by atoms with Crippen LogP contribution in [0.1, 0.15) is 28.5 Å². The van der Waals surface area contributed by atoms with E-state index in [1.807, 2.05) is 72.8 Å². The molecular formula is C30H22O3. The Bertz CT molecular complexity index is 1500. The molecule has 1 aliphatic rings. The zero-order chi connectivity index (χ0) is 22.4. The van der Waals surface area contributed by atoms with Gasteiger partial charge in [0.2, 0.25) is 0 Å². The summed E-state index contributed by atoms with van der Waals surface area (Å²) in [5.74, 6) is 0.619. The maximum atomic E-state index is 13.6. The molecule has 0 radical (unpaired) electrons. The highest BCUT2D eigenvalue weighted by atomic mass is 16.5. The van der Waals surface area contributed by atoms with Crippen molar-refractivity contribution < 1.29 is 14.3 Å². The summed E-state index contributed by atoms with van der Waals surface area (Å²) in [5, 5.41) is 4.13. The Morgan fingerprint density at radius 1 is 0.636 bits per heavy atom. The third kappa shape index (κ3) is 3.08. The zero-order valence-electron chi connectivity index (χ0n) is 18.2. The lowest BCUT2D eigenvalue weighted by atomic mass is 9.73. The van der Waals surface area contributed by atoms with Gasteiger partial charge in [-0.05, 0) is 28.0 Å². The molecule has 0 aromatic heterocycles. The molecule has 0 saturated carbocycles. The molecule has 160 valence electrons. The van der Waals surface area contributed by atoms with Crippen molar-refractivity contribution in [2.45, 2.75) is 11.8 Å². The van der Waals surface area contributed by atoms with Gasteiger partial charge in [0.1, 0.15) is 11.5 Å². The lowest BCUT2D eigenvalue weighted by molar-refractivity contribution is -0.137. The topological polar surface area (TPSA) is 35.5 Å². The molecule has 0 spiro atoms. The second-order valence-electron chi connectivity index (χ2n) is 8.39. The fourth-order valence-corrected chi connectivity index (χ4v) is 5.18. The number of rotatable bonds is 3. The standard InChI is InChI=1S/C30H22O3/c1-32-26-18-17-24(22-13-7-8-14-23(22)26)28-25-16-15-19-9-5-6-12-21(19)29(25)33-30(31)27(28)20-10-3-2-4-11-20/h2-18,27-28H,1H3. The number of fused-ring (bicyclic) bond motifs is 4. The van der Waals surface area contributed by atoms with E-state index in [1.165, 1.54) is 0 Å². The van der Waals surface area contributed by atoms with E-state index in [0.29, 0.717) is 5.75 Å². The molecule has 2 unspecified atom stereocenters. The minimum Gasteiger partial charge on any atom is -0.496 e. The molecule has 1 aliphatic heterocycles. The average Bonchev–Trinajstić information content (AvgIpc) is 2.88. The van der Waals surface area contributed by atoms with Gasteiger partial charge >= 0.3 is 5.97 Å². The fourth-order valence-electron chi connectivity index (χ4n) is 5.18. The summed E-state index contributed by atoms with van der Waals surface area (Å²) in [6.45, 7) is 0. The number of esters is 1. The van der Waals surface area contributed by atoms with Crippen LogP contribution in [-0.2, 0) is 4.79 Å². The van der Waals surface area contributed by atoms with Crippen molar-refractivity contribution in [3.63, 3.8) is 0 Å². The number of hydrogen-bond donors (Lipinski definition) is 0. The summed E-state index contributed by atoms with van der Waals surface area (Å²) in [4.78, 5) is 13.6. The van der Waals surface area contributed by atoms with Crippen LogP contribution >= 0.6 is 0 Å². The van der Waals surface area contributed by atoms with Crippen molar-refractivity contribution in [2.24, 2.45) is 0 Å². The van der Waals surface area contributed by atoms with Gasteiger partial charge in [-0.25, -0.2) is 0 Å². The molecule has 0 amide bonds. The molecular weight excluding hydrogens is 408 g/mol. The largest absolute Gasteiger partial charge is 0.496 e. The SMILES string of the molecule is COc1ccc(C2c3ccc4ccccc4c3OC(=O)C2c2ccccc2)c2ccccc12.